The van der Waals surface area contributed by atoms with E-state index in [9.17, 15) is 18.8 Å². The zero-order valence-corrected chi connectivity index (χ0v) is 13.7. The van der Waals surface area contributed by atoms with Gasteiger partial charge in [0.2, 0.25) is 0 Å². The molecule has 0 aliphatic heterocycles. The second kappa shape index (κ2) is 8.06. The van der Waals surface area contributed by atoms with Crippen LogP contribution in [0.1, 0.15) is 16.7 Å². The molecule has 128 valence electrons. The van der Waals surface area contributed by atoms with Gasteiger partial charge in [-0.3, -0.25) is 4.79 Å². The first-order valence-corrected chi connectivity index (χ1v) is 7.45. The van der Waals surface area contributed by atoms with Gasteiger partial charge in [-0.05, 0) is 43.2 Å². The zero-order valence-electron chi connectivity index (χ0n) is 13.7. The van der Waals surface area contributed by atoms with E-state index in [4.69, 9.17) is 0 Å². The summed E-state index contributed by atoms with van der Waals surface area (Å²) in [6.07, 6.45) is 1.22. The van der Waals surface area contributed by atoms with Crippen molar-refractivity contribution >= 4 is 17.7 Å². The molecular weight excluding hydrogens is 326 g/mol. The van der Waals surface area contributed by atoms with Crippen molar-refractivity contribution in [2.45, 2.75) is 20.5 Å². The summed E-state index contributed by atoms with van der Waals surface area (Å²) in [6.45, 7) is 0.717. The smallest absolute Gasteiger partial charge is 0.387 e. The van der Waals surface area contributed by atoms with Gasteiger partial charge in [0, 0.05) is 11.3 Å². The fourth-order valence-corrected chi connectivity index (χ4v) is 2.17. The number of aryl methyl sites for hydroxylation is 2. The van der Waals surface area contributed by atoms with Gasteiger partial charge in [0.05, 0.1) is 0 Å². The standard InChI is InChI=1S/C19H16F2N2O2/c1-12-7-8-13(2)16(9-12)23-18(24)15(11-22)10-14-5-3-4-6-17(14)25-19(20)21/h3-10,19H,1-2H3,(H,23,24)/b15-10-. The number of nitrogens with one attached hydrogen (secondary N) is 1. The lowest BCUT2D eigenvalue weighted by atomic mass is 10.1. The van der Waals surface area contributed by atoms with E-state index in [0.29, 0.717) is 5.69 Å². The van der Waals surface area contributed by atoms with Crippen LogP contribution in [0.25, 0.3) is 6.08 Å². The van der Waals surface area contributed by atoms with Gasteiger partial charge in [0.15, 0.2) is 0 Å². The Morgan fingerprint density at radius 2 is 1.96 bits per heavy atom. The maximum absolute atomic E-state index is 12.5. The van der Waals surface area contributed by atoms with Gasteiger partial charge < -0.3 is 10.1 Å². The third-order valence-corrected chi connectivity index (χ3v) is 3.44. The van der Waals surface area contributed by atoms with Gasteiger partial charge in [0.25, 0.3) is 5.91 Å². The first-order valence-electron chi connectivity index (χ1n) is 7.45. The molecule has 0 saturated heterocycles. The van der Waals surface area contributed by atoms with E-state index < -0.39 is 12.5 Å². The Bertz CT molecular complexity index is 855. The second-order valence-electron chi connectivity index (χ2n) is 5.36. The van der Waals surface area contributed by atoms with Crippen LogP contribution in [0.5, 0.6) is 5.75 Å². The molecule has 0 atom stereocenters. The largest absolute Gasteiger partial charge is 0.434 e. The Hall–Kier alpha value is -3.20. The number of hydrogen-bond donors (Lipinski definition) is 1. The predicted octanol–water partition coefficient (Wildman–Crippen LogP) is 4.45. The van der Waals surface area contributed by atoms with Crippen molar-refractivity contribution in [3.8, 4) is 11.8 Å². The van der Waals surface area contributed by atoms with Crippen LogP contribution in [0.4, 0.5) is 14.5 Å². The van der Waals surface area contributed by atoms with E-state index in [1.807, 2.05) is 26.0 Å². The van der Waals surface area contributed by atoms with Crippen molar-refractivity contribution in [1.82, 2.24) is 0 Å². The Kier molecular flexibility index (Phi) is 5.85. The summed E-state index contributed by atoms with van der Waals surface area (Å²) < 4.78 is 29.3. The van der Waals surface area contributed by atoms with E-state index in [-0.39, 0.29) is 16.9 Å². The van der Waals surface area contributed by atoms with Crippen LogP contribution in [0.15, 0.2) is 48.0 Å². The van der Waals surface area contributed by atoms with Crippen LogP contribution in [-0.4, -0.2) is 12.5 Å². The summed E-state index contributed by atoms with van der Waals surface area (Å²) in [6, 6.07) is 13.3. The Balaban J connectivity index is 2.30. The maximum atomic E-state index is 12.5. The van der Waals surface area contributed by atoms with E-state index >= 15 is 0 Å². The van der Waals surface area contributed by atoms with Crippen LogP contribution in [0.3, 0.4) is 0 Å². The van der Waals surface area contributed by atoms with Gasteiger partial charge in [-0.2, -0.15) is 14.0 Å². The molecule has 0 unspecified atom stereocenters. The third-order valence-electron chi connectivity index (χ3n) is 3.44. The molecule has 6 heteroatoms. The van der Waals surface area contributed by atoms with E-state index in [2.05, 4.69) is 10.1 Å². The number of carbonyl (C=O) groups excluding carboxylic acids is 1. The quantitative estimate of drug-likeness (QED) is 0.645. The van der Waals surface area contributed by atoms with Crippen LogP contribution in [-0.2, 0) is 4.79 Å². The normalized spacial score (nSPS) is 11.1. The molecule has 2 rings (SSSR count). The molecule has 0 fully saturated rings. The van der Waals surface area contributed by atoms with Crippen molar-refractivity contribution in [3.63, 3.8) is 0 Å². The number of carbonyl (C=O) groups is 1. The summed E-state index contributed by atoms with van der Waals surface area (Å²) in [5, 5.41) is 11.9. The molecule has 0 aromatic heterocycles. The number of nitrogens with zero attached hydrogens (tertiary/aromatic N) is 1. The van der Waals surface area contributed by atoms with Crippen molar-refractivity contribution < 1.29 is 18.3 Å². The minimum absolute atomic E-state index is 0.107. The highest BCUT2D eigenvalue weighted by Crippen LogP contribution is 2.23. The highest BCUT2D eigenvalue weighted by atomic mass is 19.3. The highest BCUT2D eigenvalue weighted by Gasteiger charge is 2.14. The van der Waals surface area contributed by atoms with Crippen molar-refractivity contribution in [2.75, 3.05) is 5.32 Å². The lowest BCUT2D eigenvalue weighted by Gasteiger charge is -2.10. The lowest BCUT2D eigenvalue weighted by Crippen LogP contribution is -2.14. The van der Waals surface area contributed by atoms with Crippen molar-refractivity contribution in [2.24, 2.45) is 0 Å². The number of hydrogen-bond acceptors (Lipinski definition) is 3. The highest BCUT2D eigenvalue weighted by molar-refractivity contribution is 6.10. The summed E-state index contributed by atoms with van der Waals surface area (Å²) in [5.74, 6) is -0.729. The number of para-hydroxylation sites is 1. The molecule has 1 amide bonds. The van der Waals surface area contributed by atoms with Crippen LogP contribution < -0.4 is 10.1 Å². The van der Waals surface area contributed by atoms with Gasteiger partial charge in [0.1, 0.15) is 17.4 Å². The van der Waals surface area contributed by atoms with Gasteiger partial charge in [-0.15, -0.1) is 0 Å². The van der Waals surface area contributed by atoms with Crippen molar-refractivity contribution in [1.29, 1.82) is 5.26 Å². The van der Waals surface area contributed by atoms with Gasteiger partial charge in [-0.1, -0.05) is 30.3 Å². The first kappa shape index (κ1) is 18.1. The molecule has 2 aromatic carbocycles. The summed E-state index contributed by atoms with van der Waals surface area (Å²) >= 11 is 0. The Morgan fingerprint density at radius 3 is 2.64 bits per heavy atom. The first-order chi connectivity index (χ1) is 11.9. The number of rotatable bonds is 5. The minimum Gasteiger partial charge on any atom is -0.434 e. The zero-order chi connectivity index (χ0) is 18.4. The predicted molar refractivity (Wildman–Crippen MR) is 91.2 cm³/mol. The summed E-state index contributed by atoms with van der Waals surface area (Å²) in [7, 11) is 0. The van der Waals surface area contributed by atoms with Crippen molar-refractivity contribution in [3.05, 3.63) is 64.7 Å². The number of alkyl halides is 2. The number of halogens is 2. The Morgan fingerprint density at radius 1 is 1.24 bits per heavy atom. The second-order valence-corrected chi connectivity index (χ2v) is 5.36. The SMILES string of the molecule is Cc1ccc(C)c(NC(=O)/C(C#N)=C\c2ccccc2OC(F)F)c1. The molecule has 0 heterocycles. The molecule has 0 aliphatic carbocycles. The fourth-order valence-electron chi connectivity index (χ4n) is 2.17. The lowest BCUT2D eigenvalue weighted by molar-refractivity contribution is -0.112. The number of amides is 1. The Labute approximate surface area is 144 Å². The summed E-state index contributed by atoms with van der Waals surface area (Å²) in [5.41, 5.74) is 2.39. The topological polar surface area (TPSA) is 62.1 Å². The molecule has 0 spiro atoms. The van der Waals surface area contributed by atoms with Crippen LogP contribution in [0.2, 0.25) is 0 Å². The maximum Gasteiger partial charge on any atom is 0.387 e. The molecule has 25 heavy (non-hydrogen) atoms. The number of anilines is 1. The average Bonchev–Trinajstić information content (AvgIpc) is 2.56. The average molecular weight is 342 g/mol. The molecule has 0 radical (unpaired) electrons. The number of benzene rings is 2. The molecule has 2 aromatic rings. The molecular formula is C19H16F2N2O2. The van der Waals surface area contributed by atoms with Gasteiger partial charge in [-0.25, -0.2) is 0 Å². The summed E-state index contributed by atoms with van der Waals surface area (Å²) in [4.78, 5) is 12.4. The van der Waals surface area contributed by atoms with Crippen LogP contribution >= 0.6 is 0 Å². The number of ether oxygens (including phenoxy) is 1. The minimum atomic E-state index is -3.00. The van der Waals surface area contributed by atoms with E-state index in [0.717, 1.165) is 11.1 Å². The molecule has 0 saturated carbocycles. The number of nitriles is 1. The molecule has 0 bridgehead atoms. The monoisotopic (exact) mass is 342 g/mol. The van der Waals surface area contributed by atoms with E-state index in [1.54, 1.807) is 18.2 Å². The third kappa shape index (κ3) is 4.88. The molecule has 0 aliphatic rings. The fraction of sp³-hybridized carbons (Fsp3) is 0.158. The molecule has 4 nitrogen and oxygen atoms in total. The van der Waals surface area contributed by atoms with E-state index in [1.165, 1.54) is 24.3 Å². The van der Waals surface area contributed by atoms with Crippen LogP contribution in [0, 0.1) is 25.2 Å². The molecule has 1 N–H and O–H groups in total. The van der Waals surface area contributed by atoms with Gasteiger partial charge >= 0.3 is 6.61 Å².